The second-order valence-corrected chi connectivity index (χ2v) is 6.40. The van der Waals surface area contributed by atoms with Crippen LogP contribution in [-0.2, 0) is 4.79 Å². The van der Waals surface area contributed by atoms with Gasteiger partial charge in [0.1, 0.15) is 0 Å². The molecule has 0 bridgehead atoms. The Morgan fingerprint density at radius 1 is 1.24 bits per heavy atom. The fourth-order valence-corrected chi connectivity index (χ4v) is 3.23. The predicted molar refractivity (Wildman–Crippen MR) is 86.7 cm³/mol. The summed E-state index contributed by atoms with van der Waals surface area (Å²) >= 11 is 0. The SMILES string of the molecule is CC(CC1CCCCC1)C(=O)NCC(N)c1ccccc1. The summed E-state index contributed by atoms with van der Waals surface area (Å²) in [6, 6.07) is 9.80. The van der Waals surface area contributed by atoms with E-state index in [-0.39, 0.29) is 17.9 Å². The van der Waals surface area contributed by atoms with Crippen molar-refractivity contribution in [3.8, 4) is 0 Å². The molecule has 0 saturated heterocycles. The summed E-state index contributed by atoms with van der Waals surface area (Å²) < 4.78 is 0. The Labute approximate surface area is 128 Å². The van der Waals surface area contributed by atoms with Crippen LogP contribution in [0.1, 0.15) is 57.1 Å². The number of nitrogens with one attached hydrogen (secondary N) is 1. The second-order valence-electron chi connectivity index (χ2n) is 6.40. The van der Waals surface area contributed by atoms with Crippen molar-refractivity contribution in [1.29, 1.82) is 0 Å². The van der Waals surface area contributed by atoms with Gasteiger partial charge in [-0.3, -0.25) is 4.79 Å². The molecule has 0 heterocycles. The van der Waals surface area contributed by atoms with E-state index in [1.165, 1.54) is 32.1 Å². The van der Waals surface area contributed by atoms with Crippen molar-refractivity contribution in [2.45, 2.75) is 51.5 Å². The molecule has 1 aromatic rings. The Hall–Kier alpha value is -1.35. The van der Waals surface area contributed by atoms with Crippen molar-refractivity contribution >= 4 is 5.91 Å². The van der Waals surface area contributed by atoms with Crippen LogP contribution in [-0.4, -0.2) is 12.5 Å². The normalized spacial score (nSPS) is 19.0. The van der Waals surface area contributed by atoms with Crippen molar-refractivity contribution in [3.05, 3.63) is 35.9 Å². The van der Waals surface area contributed by atoms with Gasteiger partial charge in [0.25, 0.3) is 0 Å². The third-order valence-corrected chi connectivity index (χ3v) is 4.58. The van der Waals surface area contributed by atoms with Gasteiger partial charge < -0.3 is 11.1 Å². The molecule has 1 saturated carbocycles. The van der Waals surface area contributed by atoms with Crippen molar-refractivity contribution in [1.82, 2.24) is 5.32 Å². The first kappa shape index (κ1) is 16.0. The summed E-state index contributed by atoms with van der Waals surface area (Å²) in [7, 11) is 0. The van der Waals surface area contributed by atoms with E-state index in [1.54, 1.807) is 0 Å². The topological polar surface area (TPSA) is 55.1 Å². The monoisotopic (exact) mass is 288 g/mol. The molecular weight excluding hydrogens is 260 g/mol. The highest BCUT2D eigenvalue weighted by atomic mass is 16.1. The second kappa shape index (κ2) is 8.18. The first-order valence-corrected chi connectivity index (χ1v) is 8.25. The van der Waals surface area contributed by atoms with Crippen molar-refractivity contribution in [3.63, 3.8) is 0 Å². The van der Waals surface area contributed by atoms with Crippen molar-refractivity contribution in [2.24, 2.45) is 17.6 Å². The molecule has 0 spiro atoms. The highest BCUT2D eigenvalue weighted by molar-refractivity contribution is 5.78. The van der Waals surface area contributed by atoms with E-state index in [9.17, 15) is 4.79 Å². The van der Waals surface area contributed by atoms with Gasteiger partial charge in [-0.2, -0.15) is 0 Å². The van der Waals surface area contributed by atoms with Gasteiger partial charge >= 0.3 is 0 Å². The summed E-state index contributed by atoms with van der Waals surface area (Å²) in [4.78, 5) is 12.2. The van der Waals surface area contributed by atoms with E-state index in [0.717, 1.165) is 17.9 Å². The minimum Gasteiger partial charge on any atom is -0.354 e. The summed E-state index contributed by atoms with van der Waals surface area (Å²) in [6.07, 6.45) is 7.63. The molecule has 1 aliphatic rings. The molecule has 0 aliphatic heterocycles. The van der Waals surface area contributed by atoms with Gasteiger partial charge in [0.2, 0.25) is 5.91 Å². The van der Waals surface area contributed by atoms with Gasteiger partial charge in [-0.1, -0.05) is 69.4 Å². The first-order valence-electron chi connectivity index (χ1n) is 8.25. The minimum atomic E-state index is -0.128. The van der Waals surface area contributed by atoms with Crippen LogP contribution >= 0.6 is 0 Å². The average Bonchev–Trinajstić information content (AvgIpc) is 2.54. The molecule has 21 heavy (non-hydrogen) atoms. The molecule has 2 atom stereocenters. The van der Waals surface area contributed by atoms with E-state index >= 15 is 0 Å². The molecule has 3 nitrogen and oxygen atoms in total. The van der Waals surface area contributed by atoms with Crippen LogP contribution in [0.4, 0.5) is 0 Å². The highest BCUT2D eigenvalue weighted by Crippen LogP contribution is 2.29. The number of amides is 1. The standard InChI is InChI=1S/C18H28N2O/c1-14(12-15-8-4-2-5-9-15)18(21)20-13-17(19)16-10-6-3-7-11-16/h3,6-7,10-11,14-15,17H,2,4-5,8-9,12-13,19H2,1H3,(H,20,21). The number of nitrogens with two attached hydrogens (primary N) is 1. The van der Waals surface area contributed by atoms with Crippen molar-refractivity contribution < 1.29 is 4.79 Å². The number of rotatable bonds is 6. The Bertz CT molecular complexity index is 426. The lowest BCUT2D eigenvalue weighted by Gasteiger charge is -2.24. The zero-order valence-electron chi connectivity index (χ0n) is 13.1. The van der Waals surface area contributed by atoms with E-state index in [2.05, 4.69) is 5.32 Å². The summed E-state index contributed by atoms with van der Waals surface area (Å²) in [5.74, 6) is 0.977. The Kier molecular flexibility index (Phi) is 6.24. The third-order valence-electron chi connectivity index (χ3n) is 4.58. The van der Waals surface area contributed by atoms with Crippen LogP contribution in [0.15, 0.2) is 30.3 Å². The number of hydrogen-bond acceptors (Lipinski definition) is 2. The fraction of sp³-hybridized carbons (Fsp3) is 0.611. The molecule has 1 aliphatic carbocycles. The molecule has 1 amide bonds. The molecule has 1 fully saturated rings. The third kappa shape index (κ3) is 5.16. The van der Waals surface area contributed by atoms with Gasteiger partial charge in [-0.05, 0) is 17.9 Å². The largest absolute Gasteiger partial charge is 0.354 e. The summed E-state index contributed by atoms with van der Waals surface area (Å²) in [5, 5.41) is 3.01. The maximum atomic E-state index is 12.2. The maximum absolute atomic E-state index is 12.2. The lowest BCUT2D eigenvalue weighted by Crippen LogP contribution is -2.36. The zero-order chi connectivity index (χ0) is 15.1. The predicted octanol–water partition coefficient (Wildman–Crippen LogP) is 3.41. The summed E-state index contributed by atoms with van der Waals surface area (Å²) in [5.41, 5.74) is 7.18. The number of carbonyl (C=O) groups excluding carboxylic acids is 1. The number of hydrogen-bond donors (Lipinski definition) is 2. The quantitative estimate of drug-likeness (QED) is 0.843. The average molecular weight is 288 g/mol. The van der Waals surface area contributed by atoms with Gasteiger partial charge in [-0.25, -0.2) is 0 Å². The first-order chi connectivity index (χ1) is 10.2. The van der Waals surface area contributed by atoms with Crippen LogP contribution in [0.25, 0.3) is 0 Å². The maximum Gasteiger partial charge on any atom is 0.222 e. The highest BCUT2D eigenvalue weighted by Gasteiger charge is 2.21. The molecular formula is C18H28N2O. The number of carbonyl (C=O) groups is 1. The van der Waals surface area contributed by atoms with Crippen LogP contribution < -0.4 is 11.1 Å². The van der Waals surface area contributed by atoms with Gasteiger partial charge in [0.05, 0.1) is 0 Å². The van der Waals surface area contributed by atoms with Gasteiger partial charge in [0.15, 0.2) is 0 Å². The van der Waals surface area contributed by atoms with Crippen LogP contribution in [0.5, 0.6) is 0 Å². The molecule has 3 N–H and O–H groups in total. The zero-order valence-corrected chi connectivity index (χ0v) is 13.1. The van der Waals surface area contributed by atoms with Crippen LogP contribution in [0.2, 0.25) is 0 Å². The van der Waals surface area contributed by atoms with Crippen LogP contribution in [0, 0.1) is 11.8 Å². The van der Waals surface area contributed by atoms with E-state index < -0.39 is 0 Å². The smallest absolute Gasteiger partial charge is 0.222 e. The fourth-order valence-electron chi connectivity index (χ4n) is 3.23. The molecule has 1 aromatic carbocycles. The van der Waals surface area contributed by atoms with E-state index in [0.29, 0.717) is 6.54 Å². The Balaban J connectivity index is 1.73. The van der Waals surface area contributed by atoms with Crippen LogP contribution in [0.3, 0.4) is 0 Å². The van der Waals surface area contributed by atoms with Gasteiger partial charge in [0, 0.05) is 18.5 Å². The molecule has 2 unspecified atom stereocenters. The molecule has 0 aromatic heterocycles. The van der Waals surface area contributed by atoms with E-state index in [1.807, 2.05) is 37.3 Å². The Morgan fingerprint density at radius 2 is 1.90 bits per heavy atom. The lowest BCUT2D eigenvalue weighted by molar-refractivity contribution is -0.125. The number of benzene rings is 1. The van der Waals surface area contributed by atoms with Crippen molar-refractivity contribution in [2.75, 3.05) is 6.54 Å². The Morgan fingerprint density at radius 3 is 2.57 bits per heavy atom. The molecule has 0 radical (unpaired) electrons. The molecule has 116 valence electrons. The van der Waals surface area contributed by atoms with Gasteiger partial charge in [-0.15, -0.1) is 0 Å². The summed E-state index contributed by atoms with van der Waals surface area (Å²) in [6.45, 7) is 2.55. The molecule has 2 rings (SSSR count). The minimum absolute atomic E-state index is 0.0936. The lowest BCUT2D eigenvalue weighted by atomic mass is 9.83. The molecule has 3 heteroatoms. The van der Waals surface area contributed by atoms with E-state index in [4.69, 9.17) is 5.73 Å².